The van der Waals surface area contributed by atoms with E-state index in [1.807, 2.05) is 42.1 Å². The summed E-state index contributed by atoms with van der Waals surface area (Å²) in [6, 6.07) is 7.66. The summed E-state index contributed by atoms with van der Waals surface area (Å²) in [5.74, 6) is 0.511. The molecule has 5 heteroatoms. The number of carbonyl (C=O) groups is 1. The molecular weight excluding hydrogens is 252 g/mol. The second-order valence-electron chi connectivity index (χ2n) is 4.64. The normalized spacial score (nSPS) is 10.7. The van der Waals surface area contributed by atoms with Gasteiger partial charge in [0.05, 0.1) is 29.2 Å². The predicted octanol–water partition coefficient (Wildman–Crippen LogP) is 2.53. The lowest BCUT2D eigenvalue weighted by atomic mass is 10.1. The van der Waals surface area contributed by atoms with Crippen LogP contribution >= 0.6 is 0 Å². The highest BCUT2D eigenvalue weighted by Crippen LogP contribution is 2.20. The van der Waals surface area contributed by atoms with Crippen molar-refractivity contribution in [3.05, 3.63) is 54.2 Å². The van der Waals surface area contributed by atoms with Crippen LogP contribution in [0, 0.1) is 6.92 Å². The third-order valence-electron chi connectivity index (χ3n) is 3.18. The van der Waals surface area contributed by atoms with Crippen LogP contribution in [0.2, 0.25) is 0 Å². The Morgan fingerprint density at radius 2 is 1.95 bits per heavy atom. The number of para-hydroxylation sites is 1. The molecule has 0 spiro atoms. The van der Waals surface area contributed by atoms with Crippen LogP contribution in [-0.2, 0) is 7.05 Å². The Labute approximate surface area is 116 Å². The van der Waals surface area contributed by atoms with Crippen molar-refractivity contribution in [2.24, 2.45) is 7.05 Å². The van der Waals surface area contributed by atoms with Gasteiger partial charge in [-0.1, -0.05) is 12.1 Å². The largest absolute Gasteiger partial charge is 0.350 e. The molecule has 0 radical (unpaired) electrons. The van der Waals surface area contributed by atoms with Crippen molar-refractivity contribution >= 4 is 22.5 Å². The van der Waals surface area contributed by atoms with Gasteiger partial charge in [-0.15, -0.1) is 0 Å². The van der Waals surface area contributed by atoms with Crippen LogP contribution in [0.5, 0.6) is 0 Å². The molecule has 0 saturated carbocycles. The van der Waals surface area contributed by atoms with Gasteiger partial charge in [-0.3, -0.25) is 4.79 Å². The SMILES string of the molecule is Cc1ncc(NC(=O)c2cccc3ccn(C)c23)cn1. The number of nitrogens with one attached hydrogen (secondary N) is 1. The highest BCUT2D eigenvalue weighted by Gasteiger charge is 2.12. The lowest BCUT2D eigenvalue weighted by molar-refractivity contribution is 0.102. The molecule has 3 aromatic rings. The molecule has 0 bridgehead atoms. The quantitative estimate of drug-likeness (QED) is 0.775. The summed E-state index contributed by atoms with van der Waals surface area (Å²) < 4.78 is 1.94. The van der Waals surface area contributed by atoms with Gasteiger partial charge in [0, 0.05) is 18.6 Å². The maximum Gasteiger partial charge on any atom is 0.257 e. The smallest absolute Gasteiger partial charge is 0.257 e. The molecule has 1 N–H and O–H groups in total. The van der Waals surface area contributed by atoms with E-state index in [1.54, 1.807) is 19.3 Å². The van der Waals surface area contributed by atoms with Gasteiger partial charge in [0.1, 0.15) is 5.82 Å². The highest BCUT2D eigenvalue weighted by molar-refractivity contribution is 6.12. The second kappa shape index (κ2) is 4.77. The molecule has 3 rings (SSSR count). The maximum atomic E-state index is 12.4. The molecule has 2 aromatic heterocycles. The van der Waals surface area contributed by atoms with Crippen LogP contribution in [-0.4, -0.2) is 20.4 Å². The molecule has 0 saturated heterocycles. The van der Waals surface area contributed by atoms with E-state index < -0.39 is 0 Å². The molecule has 100 valence electrons. The third kappa shape index (κ3) is 2.14. The fourth-order valence-corrected chi connectivity index (χ4v) is 2.19. The maximum absolute atomic E-state index is 12.4. The number of anilines is 1. The van der Waals surface area contributed by atoms with Crippen LogP contribution in [0.15, 0.2) is 42.9 Å². The zero-order valence-electron chi connectivity index (χ0n) is 11.3. The summed E-state index contributed by atoms with van der Waals surface area (Å²) in [6.07, 6.45) is 5.15. The third-order valence-corrected chi connectivity index (χ3v) is 3.18. The van der Waals surface area contributed by atoms with E-state index in [2.05, 4.69) is 15.3 Å². The van der Waals surface area contributed by atoms with Crippen molar-refractivity contribution in [2.45, 2.75) is 6.92 Å². The molecule has 0 unspecified atom stereocenters. The van der Waals surface area contributed by atoms with Gasteiger partial charge >= 0.3 is 0 Å². The van der Waals surface area contributed by atoms with Gasteiger partial charge in [0.15, 0.2) is 0 Å². The monoisotopic (exact) mass is 266 g/mol. The topological polar surface area (TPSA) is 59.8 Å². The first-order valence-electron chi connectivity index (χ1n) is 6.29. The van der Waals surface area contributed by atoms with Gasteiger partial charge in [0.2, 0.25) is 0 Å². The summed E-state index contributed by atoms with van der Waals surface area (Å²) in [6.45, 7) is 1.80. The van der Waals surface area contributed by atoms with Gasteiger partial charge < -0.3 is 9.88 Å². The van der Waals surface area contributed by atoms with Crippen molar-refractivity contribution in [1.29, 1.82) is 0 Å². The van der Waals surface area contributed by atoms with Crippen molar-refractivity contribution < 1.29 is 4.79 Å². The summed E-state index contributed by atoms with van der Waals surface area (Å²) >= 11 is 0. The second-order valence-corrected chi connectivity index (χ2v) is 4.64. The van der Waals surface area contributed by atoms with E-state index in [9.17, 15) is 4.79 Å². The number of hydrogen-bond acceptors (Lipinski definition) is 3. The molecule has 0 aliphatic heterocycles. The summed E-state index contributed by atoms with van der Waals surface area (Å²) in [5.41, 5.74) is 2.14. The van der Waals surface area contributed by atoms with Crippen molar-refractivity contribution in [3.63, 3.8) is 0 Å². The Balaban J connectivity index is 1.96. The molecule has 0 fully saturated rings. The number of fused-ring (bicyclic) bond motifs is 1. The first kappa shape index (κ1) is 12.3. The van der Waals surface area contributed by atoms with Crippen molar-refractivity contribution in [1.82, 2.24) is 14.5 Å². The van der Waals surface area contributed by atoms with Gasteiger partial charge in [-0.2, -0.15) is 0 Å². The number of hydrogen-bond donors (Lipinski definition) is 1. The molecule has 1 amide bonds. The fraction of sp³-hybridized carbons (Fsp3) is 0.133. The molecule has 0 atom stereocenters. The van der Waals surface area contributed by atoms with E-state index in [0.29, 0.717) is 17.1 Å². The summed E-state index contributed by atoms with van der Waals surface area (Å²) in [7, 11) is 1.92. The predicted molar refractivity (Wildman–Crippen MR) is 77.6 cm³/mol. The number of benzene rings is 1. The first-order chi connectivity index (χ1) is 9.65. The van der Waals surface area contributed by atoms with Crippen LogP contribution in [0.1, 0.15) is 16.2 Å². The van der Waals surface area contributed by atoms with E-state index in [-0.39, 0.29) is 5.91 Å². The molecular formula is C15H14N4O. The fourth-order valence-electron chi connectivity index (χ4n) is 2.19. The van der Waals surface area contributed by atoms with Crippen molar-refractivity contribution in [2.75, 3.05) is 5.32 Å². The Kier molecular flexibility index (Phi) is 2.95. The van der Waals surface area contributed by atoms with E-state index in [4.69, 9.17) is 0 Å². The number of rotatable bonds is 2. The minimum atomic E-state index is -0.162. The molecule has 0 aliphatic carbocycles. The van der Waals surface area contributed by atoms with E-state index in [0.717, 1.165) is 10.9 Å². The van der Waals surface area contributed by atoms with Gasteiger partial charge in [-0.25, -0.2) is 9.97 Å². The Morgan fingerprint density at radius 3 is 2.70 bits per heavy atom. The molecule has 0 aliphatic rings. The molecule has 20 heavy (non-hydrogen) atoms. The van der Waals surface area contributed by atoms with Crippen LogP contribution in [0.25, 0.3) is 10.9 Å². The number of nitrogens with zero attached hydrogens (tertiary/aromatic N) is 3. The minimum absolute atomic E-state index is 0.162. The van der Waals surface area contributed by atoms with Gasteiger partial charge in [-0.05, 0) is 19.1 Å². The molecule has 5 nitrogen and oxygen atoms in total. The highest BCUT2D eigenvalue weighted by atomic mass is 16.1. The Hall–Kier alpha value is -2.69. The minimum Gasteiger partial charge on any atom is -0.350 e. The summed E-state index contributed by atoms with van der Waals surface area (Å²) in [5, 5.41) is 3.86. The average molecular weight is 266 g/mol. The standard InChI is InChI=1S/C15H14N4O/c1-10-16-8-12(9-17-10)18-15(20)13-5-3-4-11-6-7-19(2)14(11)13/h3-9H,1-2H3,(H,18,20). The first-order valence-corrected chi connectivity index (χ1v) is 6.29. The Bertz CT molecular complexity index is 774. The van der Waals surface area contributed by atoms with Crippen molar-refractivity contribution in [3.8, 4) is 0 Å². The van der Waals surface area contributed by atoms with Crippen LogP contribution in [0.4, 0.5) is 5.69 Å². The van der Waals surface area contributed by atoms with Gasteiger partial charge in [0.25, 0.3) is 5.91 Å². The number of amides is 1. The summed E-state index contributed by atoms with van der Waals surface area (Å²) in [4.78, 5) is 20.5. The zero-order valence-corrected chi connectivity index (χ0v) is 11.3. The Morgan fingerprint density at radius 1 is 1.20 bits per heavy atom. The lowest BCUT2D eigenvalue weighted by Gasteiger charge is -2.07. The van der Waals surface area contributed by atoms with Crippen LogP contribution in [0.3, 0.4) is 0 Å². The number of carbonyl (C=O) groups excluding carboxylic acids is 1. The number of aromatic nitrogens is 3. The van der Waals surface area contributed by atoms with Crippen LogP contribution < -0.4 is 5.32 Å². The lowest BCUT2D eigenvalue weighted by Crippen LogP contribution is -2.13. The number of aryl methyl sites for hydroxylation is 2. The van der Waals surface area contributed by atoms with E-state index >= 15 is 0 Å². The molecule has 1 aromatic carbocycles. The zero-order chi connectivity index (χ0) is 14.1. The van der Waals surface area contributed by atoms with E-state index in [1.165, 1.54) is 0 Å². The average Bonchev–Trinajstić information content (AvgIpc) is 2.83. The molecule has 2 heterocycles.